The molecule has 0 saturated heterocycles. The van der Waals surface area contributed by atoms with Gasteiger partial charge in [0.2, 0.25) is 0 Å². The number of rotatable bonds is 7. The van der Waals surface area contributed by atoms with Crippen LogP contribution in [0.4, 0.5) is 0 Å². The molecular weight excluding hydrogens is 318 g/mol. The van der Waals surface area contributed by atoms with Gasteiger partial charge in [-0.15, -0.1) is 0 Å². The fourth-order valence-electron chi connectivity index (χ4n) is 1.97. The van der Waals surface area contributed by atoms with E-state index in [1.807, 2.05) is 13.0 Å². The number of ether oxygens (including phenoxy) is 1. The van der Waals surface area contributed by atoms with Crippen LogP contribution in [-0.2, 0) is 9.53 Å². The third-order valence-corrected chi connectivity index (χ3v) is 3.85. The summed E-state index contributed by atoms with van der Waals surface area (Å²) >= 11 is 6.23. The van der Waals surface area contributed by atoms with Crippen molar-refractivity contribution in [1.29, 1.82) is 0 Å². The lowest BCUT2D eigenvalue weighted by Gasteiger charge is -2.15. The van der Waals surface area contributed by atoms with E-state index in [9.17, 15) is 4.79 Å². The first-order chi connectivity index (χ1) is 10.9. The Bertz CT molecular complexity index is 646. The average Bonchev–Trinajstić information content (AvgIpc) is 3.25. The number of nitrogens with zero attached hydrogens (tertiary/aromatic N) is 1. The van der Waals surface area contributed by atoms with Crippen LogP contribution in [-0.4, -0.2) is 18.8 Å². The fraction of sp³-hybridized carbons (Fsp3) is 0.375. The van der Waals surface area contributed by atoms with Gasteiger partial charge in [0, 0.05) is 11.6 Å². The molecule has 1 aliphatic rings. The van der Waals surface area contributed by atoms with Crippen molar-refractivity contribution in [1.82, 2.24) is 5.32 Å². The number of hydrogen-bond acceptors (Lipinski definition) is 6. The Morgan fingerprint density at radius 3 is 2.83 bits per heavy atom. The molecule has 1 fully saturated rings. The van der Waals surface area contributed by atoms with Crippen LogP contribution in [0.3, 0.4) is 0 Å². The molecular formula is C16H20ClN3O3. The van der Waals surface area contributed by atoms with Crippen molar-refractivity contribution >= 4 is 23.3 Å². The molecule has 0 aliphatic heterocycles. The Kier molecular flexibility index (Phi) is 5.50. The fourth-order valence-corrected chi connectivity index (χ4v) is 2.14. The van der Waals surface area contributed by atoms with Crippen molar-refractivity contribution in [2.45, 2.75) is 25.8 Å². The Morgan fingerprint density at radius 1 is 1.61 bits per heavy atom. The molecule has 1 aromatic heterocycles. The van der Waals surface area contributed by atoms with Crippen molar-refractivity contribution in [3.63, 3.8) is 0 Å². The largest absolute Gasteiger partial charge is 0.467 e. The monoisotopic (exact) mass is 337 g/mol. The number of furan rings is 1. The van der Waals surface area contributed by atoms with Gasteiger partial charge < -0.3 is 20.2 Å². The molecule has 1 unspecified atom stereocenters. The topological polar surface area (TPSA) is 89.8 Å². The van der Waals surface area contributed by atoms with Crippen LogP contribution in [0.2, 0.25) is 0 Å². The number of aliphatic imine (C=N–C) groups is 1. The maximum absolute atomic E-state index is 11.9. The van der Waals surface area contributed by atoms with E-state index in [2.05, 4.69) is 16.9 Å². The lowest BCUT2D eigenvalue weighted by atomic mass is 10.2. The molecule has 1 heterocycles. The second-order valence-electron chi connectivity index (χ2n) is 5.33. The number of hydrogen-bond donors (Lipinski definition) is 2. The van der Waals surface area contributed by atoms with Crippen molar-refractivity contribution in [3.8, 4) is 0 Å². The molecule has 1 atom stereocenters. The molecule has 0 aromatic carbocycles. The number of nitrogens with one attached hydrogen (secondary N) is 1. The zero-order valence-corrected chi connectivity index (χ0v) is 13.9. The van der Waals surface area contributed by atoms with Gasteiger partial charge in [-0.25, -0.2) is 9.79 Å². The highest BCUT2D eigenvalue weighted by Crippen LogP contribution is 2.36. The molecule has 0 spiro atoms. The first-order valence-electron chi connectivity index (χ1n) is 7.25. The number of carbonyl (C=O) groups is 1. The number of methoxy groups -OCH3 is 1. The summed E-state index contributed by atoms with van der Waals surface area (Å²) in [6, 6.07) is 3.36. The normalized spacial score (nSPS) is 17.3. The van der Waals surface area contributed by atoms with E-state index in [0.29, 0.717) is 17.4 Å². The van der Waals surface area contributed by atoms with Crippen LogP contribution in [0, 0.1) is 5.92 Å². The van der Waals surface area contributed by atoms with Gasteiger partial charge in [-0.1, -0.05) is 18.2 Å². The van der Waals surface area contributed by atoms with Crippen LogP contribution < -0.4 is 11.1 Å². The van der Waals surface area contributed by atoms with Crippen LogP contribution in [0.5, 0.6) is 0 Å². The Balaban J connectivity index is 2.21. The summed E-state index contributed by atoms with van der Waals surface area (Å²) in [5.74, 6) is 0.447. The van der Waals surface area contributed by atoms with E-state index in [1.54, 1.807) is 12.3 Å². The van der Waals surface area contributed by atoms with Gasteiger partial charge in [-0.3, -0.25) is 0 Å². The van der Waals surface area contributed by atoms with Crippen molar-refractivity contribution in [2.24, 2.45) is 16.6 Å². The molecule has 0 bridgehead atoms. The third kappa shape index (κ3) is 4.39. The lowest BCUT2D eigenvalue weighted by molar-refractivity contribution is -0.132. The number of halogens is 1. The van der Waals surface area contributed by atoms with E-state index >= 15 is 0 Å². The molecule has 6 nitrogen and oxygen atoms in total. The lowest BCUT2D eigenvalue weighted by Crippen LogP contribution is -2.28. The minimum Gasteiger partial charge on any atom is -0.467 e. The van der Waals surface area contributed by atoms with Crippen molar-refractivity contribution < 1.29 is 13.9 Å². The number of nitrogens with two attached hydrogens (primary N) is 1. The molecule has 3 N–H and O–H groups in total. The van der Waals surface area contributed by atoms with Crippen LogP contribution in [0.25, 0.3) is 0 Å². The first-order valence-corrected chi connectivity index (χ1v) is 7.63. The maximum atomic E-state index is 11.9. The average molecular weight is 338 g/mol. The summed E-state index contributed by atoms with van der Waals surface area (Å²) in [5.41, 5.74) is 6.52. The molecule has 1 saturated carbocycles. The van der Waals surface area contributed by atoms with Gasteiger partial charge in [0.15, 0.2) is 5.71 Å². The highest BCUT2D eigenvalue weighted by Gasteiger charge is 2.27. The zero-order chi connectivity index (χ0) is 17.0. The summed E-state index contributed by atoms with van der Waals surface area (Å²) in [5, 5.41) is 2.97. The third-order valence-electron chi connectivity index (χ3n) is 3.47. The summed E-state index contributed by atoms with van der Waals surface area (Å²) in [6.45, 7) is 5.72. The van der Waals surface area contributed by atoms with Gasteiger partial charge in [0.05, 0.1) is 19.4 Å². The SMILES string of the molecule is C=C(/N=C(C(=O)OC)\C(Cl)=C(/N)NC(C)c1ccco1)C1CC1. The van der Waals surface area contributed by atoms with E-state index < -0.39 is 5.97 Å². The molecule has 124 valence electrons. The Hall–Kier alpha value is -2.21. The maximum Gasteiger partial charge on any atom is 0.358 e. The van der Waals surface area contributed by atoms with Crippen molar-refractivity contribution in [3.05, 3.63) is 47.3 Å². The van der Waals surface area contributed by atoms with Crippen LogP contribution >= 0.6 is 11.6 Å². The number of carbonyl (C=O) groups excluding carboxylic acids is 1. The van der Waals surface area contributed by atoms with Crippen LogP contribution in [0.15, 0.2) is 50.9 Å². The highest BCUT2D eigenvalue weighted by atomic mass is 35.5. The standard InChI is InChI=1S/C16H20ClN3O3/c1-9(11-6-7-11)19-14(16(21)22-3)13(17)15(18)20-10(2)12-5-4-8-23-12/h4-5,8,10-11,20H,1,6-7,18H2,2-3H3/b15-13-,19-14+. The van der Waals surface area contributed by atoms with E-state index in [0.717, 1.165) is 12.8 Å². The molecule has 1 aliphatic carbocycles. The second kappa shape index (κ2) is 7.37. The second-order valence-corrected chi connectivity index (χ2v) is 5.70. The van der Waals surface area contributed by atoms with Gasteiger partial charge >= 0.3 is 5.97 Å². The molecule has 7 heteroatoms. The summed E-state index contributed by atoms with van der Waals surface area (Å²) in [4.78, 5) is 16.2. The minimum atomic E-state index is -0.660. The minimum absolute atomic E-state index is 0.00273. The van der Waals surface area contributed by atoms with Gasteiger partial charge in [0.25, 0.3) is 0 Å². The van der Waals surface area contributed by atoms with E-state index in [-0.39, 0.29) is 22.6 Å². The highest BCUT2D eigenvalue weighted by molar-refractivity contribution is 6.58. The predicted octanol–water partition coefficient (Wildman–Crippen LogP) is 2.83. The van der Waals surface area contributed by atoms with Crippen LogP contribution in [0.1, 0.15) is 31.6 Å². The van der Waals surface area contributed by atoms with Gasteiger partial charge in [-0.05, 0) is 31.9 Å². The Morgan fingerprint density at radius 2 is 2.30 bits per heavy atom. The predicted molar refractivity (Wildman–Crippen MR) is 88.6 cm³/mol. The summed E-state index contributed by atoms with van der Waals surface area (Å²) in [6.07, 6.45) is 3.60. The summed E-state index contributed by atoms with van der Waals surface area (Å²) < 4.78 is 10.0. The Labute approximate surface area is 140 Å². The first kappa shape index (κ1) is 17.1. The van der Waals surface area contributed by atoms with E-state index in [1.165, 1.54) is 7.11 Å². The quantitative estimate of drug-likeness (QED) is 0.590. The molecule has 0 amide bonds. The molecule has 1 aromatic rings. The number of allylic oxidation sites excluding steroid dienone is 1. The van der Waals surface area contributed by atoms with Crippen molar-refractivity contribution in [2.75, 3.05) is 7.11 Å². The number of esters is 1. The molecule has 23 heavy (non-hydrogen) atoms. The van der Waals surface area contributed by atoms with Gasteiger partial charge in [0.1, 0.15) is 16.6 Å². The molecule has 2 rings (SSSR count). The van der Waals surface area contributed by atoms with E-state index in [4.69, 9.17) is 26.5 Å². The van der Waals surface area contributed by atoms with Gasteiger partial charge in [-0.2, -0.15) is 0 Å². The smallest absolute Gasteiger partial charge is 0.358 e. The molecule has 0 radical (unpaired) electrons. The summed E-state index contributed by atoms with van der Waals surface area (Å²) in [7, 11) is 1.26. The zero-order valence-electron chi connectivity index (χ0n) is 13.1.